The minimum atomic E-state index is -0.353. The summed E-state index contributed by atoms with van der Waals surface area (Å²) in [5, 5.41) is 2.81. The predicted molar refractivity (Wildman–Crippen MR) is 110 cm³/mol. The summed E-state index contributed by atoms with van der Waals surface area (Å²) in [6.45, 7) is 0.396. The van der Waals surface area contributed by atoms with Crippen LogP contribution < -0.4 is 10.3 Å². The second-order valence-electron chi connectivity index (χ2n) is 6.43. The normalized spacial score (nSPS) is 11.0. The summed E-state index contributed by atoms with van der Waals surface area (Å²) in [5.41, 5.74) is 0.556. The zero-order valence-electron chi connectivity index (χ0n) is 15.0. The van der Waals surface area contributed by atoms with Crippen molar-refractivity contribution >= 4 is 39.2 Å². The number of carbonyl (C=O) groups excluding carboxylic acids is 1. The van der Waals surface area contributed by atoms with Crippen LogP contribution in [0, 0.1) is 0 Å². The molecular formula is C22H17ClN2O3. The number of hydrogen-bond donors (Lipinski definition) is 0. The molecular weight excluding hydrogens is 376 g/mol. The van der Waals surface area contributed by atoms with Crippen LogP contribution in [0.4, 0.5) is 0 Å². The maximum atomic E-state index is 12.5. The lowest BCUT2D eigenvalue weighted by atomic mass is 10.1. The van der Waals surface area contributed by atoms with E-state index in [0.717, 1.165) is 10.8 Å². The minimum absolute atomic E-state index is 0.109. The minimum Gasteiger partial charge on any atom is -0.426 e. The predicted octanol–water partition coefficient (Wildman–Crippen LogP) is 4.59. The molecule has 0 saturated heterocycles. The Hall–Kier alpha value is -3.18. The summed E-state index contributed by atoms with van der Waals surface area (Å²) in [7, 11) is 0. The van der Waals surface area contributed by atoms with E-state index in [2.05, 4.69) is 4.98 Å². The van der Waals surface area contributed by atoms with Gasteiger partial charge in [-0.3, -0.25) is 14.2 Å². The number of aromatic nitrogens is 2. The van der Waals surface area contributed by atoms with E-state index in [1.165, 1.54) is 10.9 Å². The Balaban J connectivity index is 1.43. The first-order valence-electron chi connectivity index (χ1n) is 8.95. The van der Waals surface area contributed by atoms with E-state index in [-0.39, 0.29) is 17.9 Å². The average molecular weight is 393 g/mol. The van der Waals surface area contributed by atoms with Crippen molar-refractivity contribution < 1.29 is 9.53 Å². The highest BCUT2D eigenvalue weighted by Crippen LogP contribution is 2.31. The van der Waals surface area contributed by atoms with Crippen molar-refractivity contribution in [2.45, 2.75) is 19.4 Å². The second kappa shape index (κ2) is 7.82. The highest BCUT2D eigenvalue weighted by molar-refractivity contribution is 6.35. The molecule has 4 rings (SSSR count). The molecule has 0 bridgehead atoms. The van der Waals surface area contributed by atoms with Gasteiger partial charge in [0.2, 0.25) is 0 Å². The number of nitrogens with zero attached hydrogens (tertiary/aromatic N) is 2. The van der Waals surface area contributed by atoms with Gasteiger partial charge in [0.1, 0.15) is 5.75 Å². The van der Waals surface area contributed by atoms with Crippen LogP contribution in [0.3, 0.4) is 0 Å². The van der Waals surface area contributed by atoms with Gasteiger partial charge in [-0.2, -0.15) is 0 Å². The maximum absolute atomic E-state index is 12.5. The first-order valence-corrected chi connectivity index (χ1v) is 9.33. The molecule has 140 valence electrons. The van der Waals surface area contributed by atoms with E-state index in [1.54, 1.807) is 24.3 Å². The molecule has 6 heteroatoms. The molecule has 0 unspecified atom stereocenters. The molecule has 1 aromatic heterocycles. The molecule has 28 heavy (non-hydrogen) atoms. The first kappa shape index (κ1) is 18.2. The number of carbonyl (C=O) groups is 1. The Kier molecular flexibility index (Phi) is 5.08. The van der Waals surface area contributed by atoms with Crippen LogP contribution in [0.5, 0.6) is 5.75 Å². The summed E-state index contributed by atoms with van der Waals surface area (Å²) in [4.78, 5) is 29.0. The molecule has 0 aliphatic carbocycles. The fourth-order valence-electron chi connectivity index (χ4n) is 3.16. The van der Waals surface area contributed by atoms with Gasteiger partial charge in [-0.15, -0.1) is 0 Å². The molecule has 5 nitrogen and oxygen atoms in total. The van der Waals surface area contributed by atoms with Crippen molar-refractivity contribution in [2.75, 3.05) is 0 Å². The number of rotatable bonds is 5. The average Bonchev–Trinajstić information content (AvgIpc) is 2.72. The molecule has 0 N–H and O–H groups in total. The van der Waals surface area contributed by atoms with E-state index < -0.39 is 0 Å². The van der Waals surface area contributed by atoms with Gasteiger partial charge in [0.05, 0.1) is 17.2 Å². The van der Waals surface area contributed by atoms with Crippen molar-refractivity contribution in [1.29, 1.82) is 0 Å². The molecule has 0 atom stereocenters. The molecule has 0 aliphatic rings. The third-order valence-corrected chi connectivity index (χ3v) is 4.90. The number of esters is 1. The molecule has 4 aromatic rings. The lowest BCUT2D eigenvalue weighted by Gasteiger charge is -2.09. The summed E-state index contributed by atoms with van der Waals surface area (Å²) in [6, 6.07) is 18.1. The monoisotopic (exact) mass is 392 g/mol. The summed E-state index contributed by atoms with van der Waals surface area (Å²) < 4.78 is 7.04. The van der Waals surface area contributed by atoms with Crippen molar-refractivity contribution in [1.82, 2.24) is 9.55 Å². The van der Waals surface area contributed by atoms with E-state index >= 15 is 0 Å². The van der Waals surface area contributed by atoms with Crippen LogP contribution in [0.1, 0.15) is 12.8 Å². The number of hydrogen-bond acceptors (Lipinski definition) is 4. The third kappa shape index (κ3) is 3.62. The lowest BCUT2D eigenvalue weighted by molar-refractivity contribution is -0.134. The van der Waals surface area contributed by atoms with Gasteiger partial charge in [0.15, 0.2) is 0 Å². The topological polar surface area (TPSA) is 61.2 Å². The van der Waals surface area contributed by atoms with E-state index in [1.807, 2.05) is 36.4 Å². The molecule has 0 aliphatic heterocycles. The molecule has 3 aromatic carbocycles. The van der Waals surface area contributed by atoms with Crippen LogP contribution >= 0.6 is 11.6 Å². The molecule has 0 radical (unpaired) electrons. The zero-order chi connectivity index (χ0) is 19.5. The van der Waals surface area contributed by atoms with Gasteiger partial charge in [-0.25, -0.2) is 4.98 Å². The van der Waals surface area contributed by atoms with Crippen molar-refractivity contribution in [3.63, 3.8) is 0 Å². The van der Waals surface area contributed by atoms with E-state index in [4.69, 9.17) is 16.3 Å². The SMILES string of the molecule is O=C(CCCn1cnc2ccccc2c1=O)Oc1ccc(Cl)c2ccccc12. The maximum Gasteiger partial charge on any atom is 0.311 e. The summed E-state index contributed by atoms with van der Waals surface area (Å²) >= 11 is 6.19. The number of ether oxygens (including phenoxy) is 1. The molecule has 0 spiro atoms. The van der Waals surface area contributed by atoms with Crippen LogP contribution in [0.15, 0.2) is 71.8 Å². The molecule has 0 amide bonds. The van der Waals surface area contributed by atoms with Crippen molar-refractivity contribution in [3.05, 3.63) is 82.4 Å². The fraction of sp³-hybridized carbons (Fsp3) is 0.136. The zero-order valence-corrected chi connectivity index (χ0v) is 15.7. The second-order valence-corrected chi connectivity index (χ2v) is 6.84. The van der Waals surface area contributed by atoms with Crippen LogP contribution in [-0.2, 0) is 11.3 Å². The van der Waals surface area contributed by atoms with Crippen LogP contribution in [0.25, 0.3) is 21.7 Å². The first-order chi connectivity index (χ1) is 13.6. The smallest absolute Gasteiger partial charge is 0.311 e. The molecule has 1 heterocycles. The number of benzene rings is 3. The number of aryl methyl sites for hydroxylation is 1. The molecule has 0 fully saturated rings. The third-order valence-electron chi connectivity index (χ3n) is 4.57. The standard InChI is InChI=1S/C22H17ClN2O3/c23-18-11-12-20(16-7-2-1-6-15(16)18)28-21(26)10-5-13-25-14-24-19-9-4-3-8-17(19)22(25)27/h1-4,6-9,11-12,14H,5,10,13H2. The highest BCUT2D eigenvalue weighted by Gasteiger charge is 2.11. The largest absolute Gasteiger partial charge is 0.426 e. The van der Waals surface area contributed by atoms with Gasteiger partial charge in [0.25, 0.3) is 5.56 Å². The Morgan fingerprint density at radius 1 is 0.964 bits per heavy atom. The Labute approximate surface area is 166 Å². The quantitative estimate of drug-likeness (QED) is 0.368. The summed E-state index contributed by atoms with van der Waals surface area (Å²) in [5.74, 6) is 0.129. The van der Waals surface area contributed by atoms with Gasteiger partial charge in [0, 0.05) is 28.8 Å². The molecule has 0 saturated carbocycles. The van der Waals surface area contributed by atoms with Crippen molar-refractivity contribution in [2.24, 2.45) is 0 Å². The Bertz CT molecular complexity index is 1230. The number of halogens is 1. The highest BCUT2D eigenvalue weighted by atomic mass is 35.5. The van der Waals surface area contributed by atoms with Gasteiger partial charge in [-0.05, 0) is 30.7 Å². The fourth-order valence-corrected chi connectivity index (χ4v) is 3.38. The van der Waals surface area contributed by atoms with Gasteiger partial charge < -0.3 is 4.74 Å². The number of fused-ring (bicyclic) bond motifs is 2. The van der Waals surface area contributed by atoms with E-state index in [0.29, 0.717) is 34.6 Å². The van der Waals surface area contributed by atoms with Gasteiger partial charge >= 0.3 is 5.97 Å². The Morgan fingerprint density at radius 2 is 1.68 bits per heavy atom. The van der Waals surface area contributed by atoms with Crippen LogP contribution in [-0.4, -0.2) is 15.5 Å². The van der Waals surface area contributed by atoms with E-state index in [9.17, 15) is 9.59 Å². The number of para-hydroxylation sites is 1. The van der Waals surface area contributed by atoms with Gasteiger partial charge in [-0.1, -0.05) is 48.0 Å². The lowest BCUT2D eigenvalue weighted by Crippen LogP contribution is -2.21. The van der Waals surface area contributed by atoms with Crippen LogP contribution in [0.2, 0.25) is 5.02 Å². The van der Waals surface area contributed by atoms with Crippen molar-refractivity contribution in [3.8, 4) is 5.75 Å². The summed E-state index contributed by atoms with van der Waals surface area (Å²) in [6.07, 6.45) is 2.18. The Morgan fingerprint density at radius 3 is 2.50 bits per heavy atom.